The molecule has 7 nitrogen and oxygen atoms in total. The summed E-state index contributed by atoms with van der Waals surface area (Å²) in [6, 6.07) is 10.7. The van der Waals surface area contributed by atoms with Crippen molar-refractivity contribution in [3.05, 3.63) is 63.1 Å². The number of hydrogen-bond acceptors (Lipinski definition) is 4. The number of anilines is 1. The quantitative estimate of drug-likeness (QED) is 0.805. The van der Waals surface area contributed by atoms with E-state index in [-0.39, 0.29) is 29.5 Å². The highest BCUT2D eigenvalue weighted by Crippen LogP contribution is 2.43. The largest absolute Gasteiger partial charge is 0.337 e. The van der Waals surface area contributed by atoms with E-state index in [1.165, 1.54) is 6.07 Å². The minimum absolute atomic E-state index is 0.0860. The number of piperidine rings is 1. The molecular formula is C20H18N4O3. The van der Waals surface area contributed by atoms with Gasteiger partial charge in [0.15, 0.2) is 0 Å². The highest BCUT2D eigenvalue weighted by atomic mass is 16.2. The molecule has 2 aliphatic rings. The molecule has 4 rings (SSSR count). The van der Waals surface area contributed by atoms with Crippen LogP contribution < -0.4 is 10.9 Å². The maximum Gasteiger partial charge on any atom is 0.266 e. The summed E-state index contributed by atoms with van der Waals surface area (Å²) in [5.41, 5.74) is 1.06. The van der Waals surface area contributed by atoms with Gasteiger partial charge in [0.1, 0.15) is 11.6 Å². The van der Waals surface area contributed by atoms with Crippen LogP contribution in [0, 0.1) is 18.3 Å². The summed E-state index contributed by atoms with van der Waals surface area (Å²) in [6.07, 6.45) is 1.37. The van der Waals surface area contributed by atoms with Crippen molar-refractivity contribution < 1.29 is 9.59 Å². The van der Waals surface area contributed by atoms with Gasteiger partial charge in [0.25, 0.3) is 11.5 Å². The van der Waals surface area contributed by atoms with Gasteiger partial charge in [-0.1, -0.05) is 18.2 Å². The molecule has 1 atom stereocenters. The number of nitriles is 1. The topological polar surface area (TPSA) is 106 Å². The number of para-hydroxylation sites is 1. The normalized spacial score (nSPS) is 20.9. The highest BCUT2D eigenvalue weighted by Gasteiger charge is 2.50. The van der Waals surface area contributed by atoms with Gasteiger partial charge in [0.05, 0.1) is 11.0 Å². The fraction of sp³-hybridized carbons (Fsp3) is 0.300. The van der Waals surface area contributed by atoms with Crippen LogP contribution in [0.1, 0.15) is 40.0 Å². The predicted octanol–water partition coefficient (Wildman–Crippen LogP) is 1.68. The first-order chi connectivity index (χ1) is 13.0. The number of H-pyrrole nitrogens is 1. The SMILES string of the molecule is Cc1[nH]c(=O)c(C#N)cc1C(=O)N1CCC[C@@]2(C1)C(=O)Nc1ccccc12. The number of fused-ring (bicyclic) bond motifs is 2. The van der Waals surface area contributed by atoms with Crippen molar-refractivity contribution in [2.75, 3.05) is 18.4 Å². The molecule has 0 bridgehead atoms. The van der Waals surface area contributed by atoms with E-state index in [0.29, 0.717) is 25.1 Å². The zero-order valence-electron chi connectivity index (χ0n) is 14.8. The van der Waals surface area contributed by atoms with E-state index in [4.69, 9.17) is 5.26 Å². The van der Waals surface area contributed by atoms with Gasteiger partial charge in [0.2, 0.25) is 5.91 Å². The second kappa shape index (κ2) is 6.09. The molecule has 1 spiro atoms. The van der Waals surface area contributed by atoms with E-state index in [0.717, 1.165) is 11.3 Å². The van der Waals surface area contributed by atoms with Gasteiger partial charge in [-0.3, -0.25) is 14.4 Å². The summed E-state index contributed by atoms with van der Waals surface area (Å²) in [5, 5.41) is 12.0. The second-order valence-electron chi connectivity index (χ2n) is 7.07. The van der Waals surface area contributed by atoms with E-state index in [1.807, 2.05) is 30.3 Å². The van der Waals surface area contributed by atoms with Crippen LogP contribution in [0.3, 0.4) is 0 Å². The zero-order valence-corrected chi connectivity index (χ0v) is 14.8. The Balaban J connectivity index is 1.71. The lowest BCUT2D eigenvalue weighted by molar-refractivity contribution is -0.122. The number of likely N-dealkylation sites (tertiary alicyclic amines) is 1. The Hall–Kier alpha value is -3.40. The summed E-state index contributed by atoms with van der Waals surface area (Å²) >= 11 is 0. The molecule has 136 valence electrons. The van der Waals surface area contributed by atoms with E-state index in [9.17, 15) is 14.4 Å². The number of aromatic nitrogens is 1. The van der Waals surface area contributed by atoms with Gasteiger partial charge in [0, 0.05) is 24.5 Å². The van der Waals surface area contributed by atoms with Gasteiger partial charge < -0.3 is 15.2 Å². The van der Waals surface area contributed by atoms with Crippen molar-refractivity contribution in [1.29, 1.82) is 5.26 Å². The minimum Gasteiger partial charge on any atom is -0.337 e. The molecular weight excluding hydrogens is 344 g/mol. The summed E-state index contributed by atoms with van der Waals surface area (Å²) < 4.78 is 0. The molecule has 3 heterocycles. The van der Waals surface area contributed by atoms with E-state index < -0.39 is 11.0 Å². The molecule has 1 aromatic heterocycles. The lowest BCUT2D eigenvalue weighted by atomic mass is 9.75. The van der Waals surface area contributed by atoms with Crippen molar-refractivity contribution in [3.63, 3.8) is 0 Å². The molecule has 7 heteroatoms. The molecule has 0 aliphatic carbocycles. The summed E-state index contributed by atoms with van der Waals surface area (Å²) in [7, 11) is 0. The van der Waals surface area contributed by atoms with Crippen molar-refractivity contribution >= 4 is 17.5 Å². The van der Waals surface area contributed by atoms with E-state index >= 15 is 0 Å². The van der Waals surface area contributed by atoms with Crippen LogP contribution >= 0.6 is 0 Å². The molecule has 1 saturated heterocycles. The standard InChI is InChI=1S/C20H18N4O3/c1-12-14(9-13(10-21)17(25)22-12)18(26)24-8-4-7-20(11-24)15-5-2-3-6-16(15)23-19(20)27/h2-3,5-6,9H,4,7-8,11H2,1H3,(H,22,25)(H,23,27)/t20-/m0/s1. The smallest absolute Gasteiger partial charge is 0.266 e. The van der Waals surface area contributed by atoms with Crippen LogP contribution in [-0.2, 0) is 10.2 Å². The van der Waals surface area contributed by atoms with Gasteiger partial charge in [-0.15, -0.1) is 0 Å². The molecule has 2 aromatic rings. The average Bonchev–Trinajstić information content (AvgIpc) is 2.93. The van der Waals surface area contributed by atoms with Gasteiger partial charge in [-0.05, 0) is 37.5 Å². The Morgan fingerprint density at radius 3 is 2.85 bits per heavy atom. The highest BCUT2D eigenvalue weighted by molar-refractivity contribution is 6.07. The third-order valence-electron chi connectivity index (χ3n) is 5.49. The Morgan fingerprint density at radius 2 is 2.07 bits per heavy atom. The van der Waals surface area contributed by atoms with E-state index in [1.54, 1.807) is 11.8 Å². The number of hydrogen-bond donors (Lipinski definition) is 2. The Morgan fingerprint density at radius 1 is 1.30 bits per heavy atom. The maximum absolute atomic E-state index is 13.1. The number of rotatable bonds is 1. The number of carbonyl (C=O) groups is 2. The molecule has 27 heavy (non-hydrogen) atoms. The van der Waals surface area contributed by atoms with Gasteiger partial charge in [-0.2, -0.15) is 5.26 Å². The Kier molecular flexibility index (Phi) is 3.84. The number of nitrogens with zero attached hydrogens (tertiary/aromatic N) is 2. The molecule has 2 aliphatic heterocycles. The molecule has 1 aromatic carbocycles. The van der Waals surface area contributed by atoms with Crippen LogP contribution in [0.15, 0.2) is 35.1 Å². The zero-order chi connectivity index (χ0) is 19.2. The first-order valence-corrected chi connectivity index (χ1v) is 8.80. The number of aromatic amines is 1. The van der Waals surface area contributed by atoms with Crippen molar-refractivity contribution in [1.82, 2.24) is 9.88 Å². The second-order valence-corrected chi connectivity index (χ2v) is 7.07. The summed E-state index contributed by atoms with van der Waals surface area (Å²) in [6.45, 7) is 2.43. The summed E-state index contributed by atoms with van der Waals surface area (Å²) in [4.78, 5) is 41.9. The summed E-state index contributed by atoms with van der Waals surface area (Å²) in [5.74, 6) is -0.367. The third-order valence-corrected chi connectivity index (χ3v) is 5.49. The fourth-order valence-electron chi connectivity index (χ4n) is 4.11. The number of pyridine rings is 1. The number of carbonyl (C=O) groups excluding carboxylic acids is 2. The lowest BCUT2D eigenvalue weighted by Crippen LogP contribution is -2.52. The number of aryl methyl sites for hydroxylation is 1. The Bertz CT molecular complexity index is 1070. The van der Waals surface area contributed by atoms with Crippen molar-refractivity contribution in [2.24, 2.45) is 0 Å². The fourth-order valence-corrected chi connectivity index (χ4v) is 4.11. The van der Waals surface area contributed by atoms with Gasteiger partial charge in [-0.25, -0.2) is 0 Å². The molecule has 0 unspecified atom stereocenters. The monoisotopic (exact) mass is 362 g/mol. The number of nitrogens with one attached hydrogen (secondary N) is 2. The number of benzene rings is 1. The molecule has 2 amide bonds. The first-order valence-electron chi connectivity index (χ1n) is 8.80. The Labute approximate surface area is 155 Å². The maximum atomic E-state index is 13.1. The van der Waals surface area contributed by atoms with Crippen LogP contribution in [0.25, 0.3) is 0 Å². The van der Waals surface area contributed by atoms with Gasteiger partial charge >= 0.3 is 0 Å². The van der Waals surface area contributed by atoms with Crippen LogP contribution in [0.5, 0.6) is 0 Å². The molecule has 2 N–H and O–H groups in total. The third kappa shape index (κ3) is 2.53. The average molecular weight is 362 g/mol. The van der Waals surface area contributed by atoms with Crippen LogP contribution in [0.4, 0.5) is 5.69 Å². The van der Waals surface area contributed by atoms with Crippen molar-refractivity contribution in [2.45, 2.75) is 25.2 Å². The van der Waals surface area contributed by atoms with Crippen LogP contribution in [0.2, 0.25) is 0 Å². The van der Waals surface area contributed by atoms with E-state index in [2.05, 4.69) is 10.3 Å². The molecule has 1 fully saturated rings. The lowest BCUT2D eigenvalue weighted by Gasteiger charge is -2.39. The molecule has 0 radical (unpaired) electrons. The minimum atomic E-state index is -0.751. The van der Waals surface area contributed by atoms with Crippen LogP contribution in [-0.4, -0.2) is 34.8 Å². The first kappa shape index (κ1) is 17.0. The number of amides is 2. The predicted molar refractivity (Wildman–Crippen MR) is 98.4 cm³/mol. The van der Waals surface area contributed by atoms with Crippen molar-refractivity contribution in [3.8, 4) is 6.07 Å². The molecule has 0 saturated carbocycles.